The van der Waals surface area contributed by atoms with Crippen molar-refractivity contribution >= 4 is 0 Å². The molecule has 1 rings (SSSR count). The van der Waals surface area contributed by atoms with Crippen molar-refractivity contribution in [3.63, 3.8) is 0 Å². The van der Waals surface area contributed by atoms with Crippen molar-refractivity contribution in [2.24, 2.45) is 0 Å². The lowest BCUT2D eigenvalue weighted by Crippen LogP contribution is -2.29. The summed E-state index contributed by atoms with van der Waals surface area (Å²) in [4.78, 5) is 0. The maximum Gasteiger partial charge on any atom is 0.0594 e. The van der Waals surface area contributed by atoms with E-state index in [1.54, 1.807) is 7.11 Å². The summed E-state index contributed by atoms with van der Waals surface area (Å²) >= 11 is 0. The van der Waals surface area contributed by atoms with Crippen LogP contribution in [0.15, 0.2) is 0 Å². The third-order valence-corrected chi connectivity index (χ3v) is 2.78. The average molecular weight is 274 g/mol. The Morgan fingerprint density at radius 2 is 0.947 bits per heavy atom. The van der Waals surface area contributed by atoms with Gasteiger partial charge in [-0.2, -0.15) is 0 Å². The molecule has 0 spiro atoms. The zero-order chi connectivity index (χ0) is 15.3. The van der Waals surface area contributed by atoms with E-state index in [-0.39, 0.29) is 5.60 Å². The Morgan fingerprint density at radius 1 is 0.737 bits per heavy atom. The molecule has 0 saturated heterocycles. The largest absolute Gasteiger partial charge is 0.379 e. The van der Waals surface area contributed by atoms with Gasteiger partial charge in [0.1, 0.15) is 0 Å². The standard InChI is InChI=1S/C6H15N.C6H12.C5H12O/c1-5(2)7-6(3)4;1-2-4-6-5-3-1;1-5(2,3)6-4/h5-7H,1-4H3;1-6H2;1-4H3. The van der Waals surface area contributed by atoms with Crippen LogP contribution in [0.3, 0.4) is 0 Å². The van der Waals surface area contributed by atoms with Crippen molar-refractivity contribution in [1.29, 1.82) is 0 Å². The van der Waals surface area contributed by atoms with E-state index in [2.05, 4.69) is 33.0 Å². The lowest BCUT2D eigenvalue weighted by Gasteiger charge is -2.14. The van der Waals surface area contributed by atoms with Crippen molar-refractivity contribution in [3.8, 4) is 0 Å². The van der Waals surface area contributed by atoms with Gasteiger partial charge in [0, 0.05) is 19.2 Å². The Hall–Kier alpha value is -0.0800. The van der Waals surface area contributed by atoms with Crippen LogP contribution in [0, 0.1) is 0 Å². The van der Waals surface area contributed by atoms with E-state index in [1.807, 2.05) is 20.8 Å². The third-order valence-electron chi connectivity index (χ3n) is 2.78. The Balaban J connectivity index is 0. The van der Waals surface area contributed by atoms with Crippen LogP contribution in [0.4, 0.5) is 0 Å². The topological polar surface area (TPSA) is 21.3 Å². The Morgan fingerprint density at radius 3 is 1.00 bits per heavy atom. The monoisotopic (exact) mass is 273 g/mol. The van der Waals surface area contributed by atoms with E-state index in [0.717, 1.165) is 0 Å². The number of rotatable bonds is 2. The first-order chi connectivity index (χ1) is 8.69. The molecule has 0 aliphatic heterocycles. The smallest absolute Gasteiger partial charge is 0.0594 e. The molecule has 0 aromatic rings. The van der Waals surface area contributed by atoms with Gasteiger partial charge in [-0.15, -0.1) is 0 Å². The van der Waals surface area contributed by atoms with Crippen LogP contribution in [-0.2, 0) is 4.74 Å². The van der Waals surface area contributed by atoms with Crippen molar-refractivity contribution in [3.05, 3.63) is 0 Å². The van der Waals surface area contributed by atoms with Crippen LogP contribution in [0.1, 0.15) is 87.0 Å². The molecule has 1 aliphatic carbocycles. The molecule has 0 radical (unpaired) electrons. The summed E-state index contributed by atoms with van der Waals surface area (Å²) in [6.45, 7) is 14.7. The first-order valence-electron chi connectivity index (χ1n) is 8.00. The Kier molecular flexibility index (Phi) is 14.4. The molecule has 0 aromatic carbocycles. The highest BCUT2D eigenvalue weighted by molar-refractivity contribution is 4.56. The minimum atomic E-state index is 0.0417. The Bertz CT molecular complexity index is 149. The number of nitrogens with one attached hydrogen (secondary N) is 1. The van der Waals surface area contributed by atoms with Gasteiger partial charge in [-0.05, 0) is 20.8 Å². The number of methoxy groups -OCH3 is 1. The van der Waals surface area contributed by atoms with E-state index < -0.39 is 0 Å². The number of ether oxygens (including phenoxy) is 1. The fraction of sp³-hybridized carbons (Fsp3) is 1.00. The predicted octanol–water partition coefficient (Wildman–Crippen LogP) is 5.16. The van der Waals surface area contributed by atoms with Crippen LogP contribution in [0.5, 0.6) is 0 Å². The van der Waals surface area contributed by atoms with E-state index in [1.165, 1.54) is 38.5 Å². The summed E-state index contributed by atoms with van der Waals surface area (Å²) in [5.74, 6) is 0. The summed E-state index contributed by atoms with van der Waals surface area (Å²) in [7, 11) is 1.71. The third kappa shape index (κ3) is 27.2. The van der Waals surface area contributed by atoms with Gasteiger partial charge in [-0.25, -0.2) is 0 Å². The molecule has 2 heteroatoms. The van der Waals surface area contributed by atoms with Crippen LogP contribution in [-0.4, -0.2) is 24.8 Å². The molecule has 1 saturated carbocycles. The molecule has 0 atom stereocenters. The highest BCUT2D eigenvalue weighted by Crippen LogP contribution is 2.15. The average Bonchev–Trinajstić information content (AvgIpc) is 2.30. The van der Waals surface area contributed by atoms with Crippen molar-refractivity contribution < 1.29 is 4.74 Å². The SMILES string of the molecule is C1CCCCC1.CC(C)NC(C)C.COC(C)(C)C. The first kappa shape index (κ1) is 21.2. The van der Waals surface area contributed by atoms with Crippen molar-refractivity contribution in [2.45, 2.75) is 105 Å². The lowest BCUT2D eigenvalue weighted by atomic mass is 10.0. The fourth-order valence-electron chi connectivity index (χ4n) is 1.73. The number of hydrogen-bond donors (Lipinski definition) is 1. The van der Waals surface area contributed by atoms with E-state index in [0.29, 0.717) is 12.1 Å². The molecular weight excluding hydrogens is 234 g/mol. The highest BCUT2D eigenvalue weighted by atomic mass is 16.5. The van der Waals surface area contributed by atoms with Gasteiger partial charge in [-0.3, -0.25) is 0 Å². The second kappa shape index (κ2) is 12.9. The van der Waals surface area contributed by atoms with Crippen LogP contribution >= 0.6 is 0 Å². The minimum absolute atomic E-state index is 0.0417. The lowest BCUT2D eigenvalue weighted by molar-refractivity contribution is 0.0397. The van der Waals surface area contributed by atoms with Gasteiger partial charge in [0.25, 0.3) is 0 Å². The Labute approximate surface area is 122 Å². The normalized spacial score (nSPS) is 15.5. The maximum absolute atomic E-state index is 4.94. The second-order valence-electron chi connectivity index (χ2n) is 6.91. The van der Waals surface area contributed by atoms with E-state index >= 15 is 0 Å². The molecule has 118 valence electrons. The van der Waals surface area contributed by atoms with Crippen LogP contribution in [0.2, 0.25) is 0 Å². The van der Waals surface area contributed by atoms with Crippen molar-refractivity contribution in [2.75, 3.05) is 7.11 Å². The quantitative estimate of drug-likeness (QED) is 0.750. The summed E-state index contributed by atoms with van der Waals surface area (Å²) in [6.07, 6.45) is 9.00. The summed E-state index contributed by atoms with van der Waals surface area (Å²) < 4.78 is 4.94. The molecule has 19 heavy (non-hydrogen) atoms. The molecule has 0 aromatic heterocycles. The molecule has 0 amide bonds. The molecule has 0 heterocycles. The van der Waals surface area contributed by atoms with Gasteiger partial charge in [0.15, 0.2) is 0 Å². The molecule has 0 unspecified atom stereocenters. The molecule has 1 fully saturated rings. The molecular formula is C17H39NO. The molecule has 1 aliphatic rings. The summed E-state index contributed by atoms with van der Waals surface area (Å²) in [5.41, 5.74) is 0.0417. The zero-order valence-electron chi connectivity index (χ0n) is 14.8. The predicted molar refractivity (Wildman–Crippen MR) is 87.9 cm³/mol. The van der Waals surface area contributed by atoms with Gasteiger partial charge in [0.05, 0.1) is 5.60 Å². The summed E-state index contributed by atoms with van der Waals surface area (Å²) in [6, 6.07) is 1.25. The first-order valence-corrected chi connectivity index (χ1v) is 8.00. The maximum atomic E-state index is 4.94. The molecule has 1 N–H and O–H groups in total. The van der Waals surface area contributed by atoms with Gasteiger partial charge in [-0.1, -0.05) is 66.2 Å². The van der Waals surface area contributed by atoms with Crippen molar-refractivity contribution in [1.82, 2.24) is 5.32 Å². The van der Waals surface area contributed by atoms with Gasteiger partial charge in [0.2, 0.25) is 0 Å². The minimum Gasteiger partial charge on any atom is -0.379 e. The van der Waals surface area contributed by atoms with E-state index in [9.17, 15) is 0 Å². The second-order valence-corrected chi connectivity index (χ2v) is 6.91. The number of hydrogen-bond acceptors (Lipinski definition) is 2. The van der Waals surface area contributed by atoms with Gasteiger partial charge < -0.3 is 10.1 Å². The highest BCUT2D eigenvalue weighted by Gasteiger charge is 2.04. The molecule has 2 nitrogen and oxygen atoms in total. The van der Waals surface area contributed by atoms with Crippen LogP contribution in [0.25, 0.3) is 0 Å². The van der Waals surface area contributed by atoms with Crippen LogP contribution < -0.4 is 5.32 Å². The fourth-order valence-corrected chi connectivity index (χ4v) is 1.73. The van der Waals surface area contributed by atoms with Gasteiger partial charge >= 0.3 is 0 Å². The summed E-state index contributed by atoms with van der Waals surface area (Å²) in [5, 5.41) is 3.31. The molecule has 0 bridgehead atoms. The zero-order valence-corrected chi connectivity index (χ0v) is 14.8. The van der Waals surface area contributed by atoms with E-state index in [4.69, 9.17) is 4.74 Å².